The van der Waals surface area contributed by atoms with E-state index in [1.54, 1.807) is 25.2 Å². The quantitative estimate of drug-likeness (QED) is 0.309. The van der Waals surface area contributed by atoms with Crippen LogP contribution >= 0.6 is 24.0 Å². The normalized spacial score (nSPS) is 21.6. The van der Waals surface area contributed by atoms with Crippen LogP contribution in [0.4, 0.5) is 4.39 Å². The molecule has 2 atom stereocenters. The van der Waals surface area contributed by atoms with Crippen molar-refractivity contribution < 1.29 is 9.13 Å². The minimum Gasteiger partial charge on any atom is -0.486 e. The van der Waals surface area contributed by atoms with E-state index in [0.29, 0.717) is 12.6 Å². The highest BCUT2D eigenvalue weighted by Crippen LogP contribution is 2.18. The number of hydrogen-bond acceptors (Lipinski definition) is 3. The van der Waals surface area contributed by atoms with Gasteiger partial charge in [0, 0.05) is 39.3 Å². The molecule has 2 heterocycles. The number of guanidine groups is 1. The van der Waals surface area contributed by atoms with Gasteiger partial charge in [-0.05, 0) is 25.5 Å². The Hall–Kier alpha value is -1.35. The van der Waals surface area contributed by atoms with Gasteiger partial charge >= 0.3 is 0 Å². The second-order valence-corrected chi connectivity index (χ2v) is 6.60. The number of nitrogens with one attached hydrogen (secondary N) is 1. The Morgan fingerprint density at radius 3 is 2.77 bits per heavy atom. The van der Waals surface area contributed by atoms with Gasteiger partial charge in [-0.3, -0.25) is 9.89 Å². The third-order valence-corrected chi connectivity index (χ3v) is 4.75. The van der Waals surface area contributed by atoms with Crippen LogP contribution in [-0.4, -0.2) is 67.7 Å². The molecule has 0 saturated carbocycles. The molecule has 2 unspecified atom stereocenters. The zero-order valence-corrected chi connectivity index (χ0v) is 17.7. The van der Waals surface area contributed by atoms with Crippen LogP contribution in [0.5, 0.6) is 5.75 Å². The Morgan fingerprint density at radius 2 is 2.08 bits per heavy atom. The van der Waals surface area contributed by atoms with Gasteiger partial charge in [0.25, 0.3) is 0 Å². The fourth-order valence-electron chi connectivity index (χ4n) is 3.39. The van der Waals surface area contributed by atoms with E-state index in [4.69, 9.17) is 4.74 Å². The number of para-hydroxylation sites is 1. The first kappa shape index (κ1) is 21.0. The molecule has 1 N–H and O–H groups in total. The van der Waals surface area contributed by atoms with E-state index >= 15 is 0 Å². The molecule has 1 aromatic carbocycles. The van der Waals surface area contributed by atoms with Crippen molar-refractivity contribution in [3.63, 3.8) is 0 Å². The fourth-order valence-corrected chi connectivity index (χ4v) is 3.39. The van der Waals surface area contributed by atoms with E-state index in [2.05, 4.69) is 32.3 Å². The molecule has 26 heavy (non-hydrogen) atoms. The van der Waals surface area contributed by atoms with Crippen LogP contribution in [0.25, 0.3) is 0 Å². The highest BCUT2D eigenvalue weighted by molar-refractivity contribution is 14.0. The van der Waals surface area contributed by atoms with Crippen LogP contribution < -0.4 is 10.1 Å². The number of hydrogen-bond donors (Lipinski definition) is 1. The standard InChI is InChI=1S/C19H27FN4O.HI/c1-15(25-18-8-4-3-7-17(18)20)13-22-19(21-2)24-12-9-16(14-24)23-10-5-6-11-23;/h3-8,15-16H,9-14H2,1-2H3,(H,21,22);1H. The molecule has 7 heteroatoms. The fraction of sp³-hybridized carbons (Fsp3) is 0.526. The van der Waals surface area contributed by atoms with Gasteiger partial charge in [0.1, 0.15) is 6.10 Å². The molecular formula is C19H28FIN4O. The second-order valence-electron chi connectivity index (χ2n) is 6.60. The number of likely N-dealkylation sites (tertiary alicyclic amines) is 1. The number of aliphatic imine (C=N–C) groups is 1. The van der Waals surface area contributed by atoms with Crippen molar-refractivity contribution in [3.05, 3.63) is 42.2 Å². The minimum absolute atomic E-state index is 0. The van der Waals surface area contributed by atoms with E-state index in [-0.39, 0.29) is 41.6 Å². The minimum atomic E-state index is -0.333. The van der Waals surface area contributed by atoms with Crippen molar-refractivity contribution in [3.8, 4) is 5.75 Å². The van der Waals surface area contributed by atoms with Gasteiger partial charge in [0.05, 0.1) is 6.54 Å². The average Bonchev–Trinajstić information content (AvgIpc) is 3.29. The smallest absolute Gasteiger partial charge is 0.193 e. The van der Waals surface area contributed by atoms with Gasteiger partial charge in [0.2, 0.25) is 0 Å². The number of nitrogens with zero attached hydrogens (tertiary/aromatic N) is 3. The summed E-state index contributed by atoms with van der Waals surface area (Å²) in [4.78, 5) is 9.18. The number of ether oxygens (including phenoxy) is 1. The number of benzene rings is 1. The maximum Gasteiger partial charge on any atom is 0.193 e. The molecular weight excluding hydrogens is 446 g/mol. The highest BCUT2D eigenvalue weighted by Gasteiger charge is 2.29. The first-order valence-corrected chi connectivity index (χ1v) is 8.93. The molecule has 144 valence electrons. The van der Waals surface area contributed by atoms with Gasteiger partial charge in [-0.2, -0.15) is 0 Å². The summed E-state index contributed by atoms with van der Waals surface area (Å²) in [7, 11) is 1.80. The molecule has 2 aliphatic heterocycles. The first-order chi connectivity index (χ1) is 12.2. The lowest BCUT2D eigenvalue weighted by Gasteiger charge is -2.26. The first-order valence-electron chi connectivity index (χ1n) is 8.93. The lowest BCUT2D eigenvalue weighted by atomic mass is 10.2. The summed E-state index contributed by atoms with van der Waals surface area (Å²) in [5.41, 5.74) is 0. The zero-order chi connectivity index (χ0) is 17.6. The molecule has 0 amide bonds. The van der Waals surface area contributed by atoms with Crippen molar-refractivity contribution >= 4 is 29.9 Å². The van der Waals surface area contributed by atoms with Crippen LogP contribution in [-0.2, 0) is 0 Å². The Balaban J connectivity index is 0.00000243. The van der Waals surface area contributed by atoms with E-state index in [0.717, 1.165) is 38.6 Å². The van der Waals surface area contributed by atoms with Crippen LogP contribution in [0.2, 0.25) is 0 Å². The lowest BCUT2D eigenvalue weighted by molar-refractivity contribution is 0.212. The van der Waals surface area contributed by atoms with E-state index in [1.165, 1.54) is 6.07 Å². The van der Waals surface area contributed by atoms with Gasteiger partial charge in [-0.1, -0.05) is 24.3 Å². The van der Waals surface area contributed by atoms with Gasteiger partial charge < -0.3 is 15.0 Å². The molecule has 1 fully saturated rings. The molecule has 2 aliphatic rings. The summed E-state index contributed by atoms with van der Waals surface area (Å²) in [6.07, 6.45) is 5.47. The summed E-state index contributed by atoms with van der Waals surface area (Å²) >= 11 is 0. The average molecular weight is 474 g/mol. The predicted molar refractivity (Wildman–Crippen MR) is 114 cm³/mol. The predicted octanol–water partition coefficient (Wildman–Crippen LogP) is 2.73. The summed E-state index contributed by atoms with van der Waals surface area (Å²) in [6.45, 7) is 6.60. The van der Waals surface area contributed by atoms with Crippen molar-refractivity contribution in [1.29, 1.82) is 0 Å². The lowest BCUT2D eigenvalue weighted by Crippen LogP contribution is -2.45. The third-order valence-electron chi connectivity index (χ3n) is 4.75. The number of rotatable bonds is 5. The molecule has 5 nitrogen and oxygen atoms in total. The van der Waals surface area contributed by atoms with Gasteiger partial charge in [-0.15, -0.1) is 24.0 Å². The van der Waals surface area contributed by atoms with Crippen LogP contribution in [0, 0.1) is 5.82 Å². The summed E-state index contributed by atoms with van der Waals surface area (Å²) in [5, 5.41) is 3.36. The van der Waals surface area contributed by atoms with E-state index in [1.807, 2.05) is 6.92 Å². The second kappa shape index (κ2) is 10.1. The number of halogens is 2. The van der Waals surface area contributed by atoms with Crippen molar-refractivity contribution in [2.24, 2.45) is 4.99 Å². The van der Waals surface area contributed by atoms with Crippen molar-refractivity contribution in [1.82, 2.24) is 15.1 Å². The van der Waals surface area contributed by atoms with Crippen LogP contribution in [0.1, 0.15) is 13.3 Å². The maximum absolute atomic E-state index is 13.7. The van der Waals surface area contributed by atoms with Crippen molar-refractivity contribution in [2.75, 3.05) is 39.8 Å². The van der Waals surface area contributed by atoms with Gasteiger partial charge in [-0.25, -0.2) is 4.39 Å². The monoisotopic (exact) mass is 474 g/mol. The molecule has 0 aromatic heterocycles. The molecule has 0 aliphatic carbocycles. The maximum atomic E-state index is 13.7. The third kappa shape index (κ3) is 5.33. The Bertz CT molecular complexity index is 632. The van der Waals surface area contributed by atoms with Crippen LogP contribution in [0.15, 0.2) is 41.4 Å². The Labute approximate surface area is 172 Å². The highest BCUT2D eigenvalue weighted by atomic mass is 127. The Morgan fingerprint density at radius 1 is 1.35 bits per heavy atom. The topological polar surface area (TPSA) is 40.1 Å². The molecule has 1 aromatic rings. The van der Waals surface area contributed by atoms with Crippen molar-refractivity contribution in [2.45, 2.75) is 25.5 Å². The molecule has 0 bridgehead atoms. The molecule has 0 spiro atoms. The summed E-state index contributed by atoms with van der Waals surface area (Å²) in [6, 6.07) is 7.07. The molecule has 0 radical (unpaired) electrons. The zero-order valence-electron chi connectivity index (χ0n) is 15.4. The van der Waals surface area contributed by atoms with E-state index < -0.39 is 0 Å². The summed E-state index contributed by atoms with van der Waals surface area (Å²) in [5.74, 6) is 0.841. The van der Waals surface area contributed by atoms with Gasteiger partial charge in [0.15, 0.2) is 17.5 Å². The molecule has 3 rings (SSSR count). The SMILES string of the molecule is CN=C(NCC(C)Oc1ccccc1F)N1CCC(N2CC=CC2)C1.I. The Kier molecular flexibility index (Phi) is 8.15. The molecule has 1 saturated heterocycles. The van der Waals surface area contributed by atoms with E-state index in [9.17, 15) is 4.39 Å². The summed E-state index contributed by atoms with van der Waals surface area (Å²) < 4.78 is 19.3. The van der Waals surface area contributed by atoms with Crippen LogP contribution in [0.3, 0.4) is 0 Å². The largest absolute Gasteiger partial charge is 0.486 e.